The Labute approximate surface area is 123 Å². The molecule has 0 aromatic heterocycles. The van der Waals surface area contributed by atoms with Crippen molar-refractivity contribution in [1.82, 2.24) is 0 Å². The molecule has 21 heavy (non-hydrogen) atoms. The van der Waals surface area contributed by atoms with E-state index in [1.54, 1.807) is 31.4 Å². The summed E-state index contributed by atoms with van der Waals surface area (Å²) in [7, 11) is 1.55. The predicted molar refractivity (Wildman–Crippen MR) is 82.7 cm³/mol. The van der Waals surface area contributed by atoms with E-state index in [4.69, 9.17) is 15.2 Å². The predicted octanol–water partition coefficient (Wildman–Crippen LogP) is 2.60. The molecule has 0 aliphatic carbocycles. The summed E-state index contributed by atoms with van der Waals surface area (Å²) in [6.07, 6.45) is 0. The number of carbonyl (C=O) groups is 1. The molecule has 2 rings (SSSR count). The fraction of sp³-hybridized carbons (Fsp3) is 0.188. The van der Waals surface area contributed by atoms with Crippen molar-refractivity contribution in [2.45, 2.75) is 6.92 Å². The van der Waals surface area contributed by atoms with Crippen molar-refractivity contribution in [2.24, 2.45) is 0 Å². The van der Waals surface area contributed by atoms with Crippen LogP contribution < -0.4 is 20.5 Å². The van der Waals surface area contributed by atoms with E-state index < -0.39 is 0 Å². The van der Waals surface area contributed by atoms with Gasteiger partial charge in [0, 0.05) is 11.8 Å². The zero-order valence-electron chi connectivity index (χ0n) is 12.1. The molecule has 5 nitrogen and oxygen atoms in total. The highest BCUT2D eigenvalue weighted by Gasteiger charge is 2.08. The summed E-state index contributed by atoms with van der Waals surface area (Å²) in [5.74, 6) is 0.942. The van der Waals surface area contributed by atoms with Gasteiger partial charge in [-0.25, -0.2) is 0 Å². The number of rotatable bonds is 5. The van der Waals surface area contributed by atoms with E-state index in [1.165, 1.54) is 0 Å². The Bertz CT molecular complexity index is 641. The van der Waals surface area contributed by atoms with Gasteiger partial charge < -0.3 is 20.5 Å². The SMILES string of the molecule is COc1ccccc1NC(=O)COc1cc(N)ccc1C. The minimum Gasteiger partial charge on any atom is -0.495 e. The van der Waals surface area contributed by atoms with E-state index in [0.717, 1.165) is 5.56 Å². The largest absolute Gasteiger partial charge is 0.495 e. The first-order valence-electron chi connectivity index (χ1n) is 6.52. The molecule has 0 bridgehead atoms. The lowest BCUT2D eigenvalue weighted by molar-refractivity contribution is -0.118. The zero-order valence-corrected chi connectivity index (χ0v) is 12.1. The molecule has 2 aromatic carbocycles. The Hall–Kier alpha value is -2.69. The monoisotopic (exact) mass is 286 g/mol. The summed E-state index contributed by atoms with van der Waals surface area (Å²) in [5.41, 5.74) is 7.83. The van der Waals surface area contributed by atoms with Gasteiger partial charge in [0.25, 0.3) is 5.91 Å². The highest BCUT2D eigenvalue weighted by Crippen LogP contribution is 2.23. The van der Waals surface area contributed by atoms with Crippen LogP contribution in [-0.4, -0.2) is 19.6 Å². The van der Waals surface area contributed by atoms with Gasteiger partial charge in [0.15, 0.2) is 6.61 Å². The Morgan fingerprint density at radius 3 is 2.71 bits per heavy atom. The van der Waals surface area contributed by atoms with E-state index in [0.29, 0.717) is 22.9 Å². The molecule has 0 heterocycles. The Morgan fingerprint density at radius 1 is 1.19 bits per heavy atom. The molecular formula is C16H18N2O3. The fourth-order valence-electron chi connectivity index (χ4n) is 1.85. The highest BCUT2D eigenvalue weighted by atomic mass is 16.5. The van der Waals surface area contributed by atoms with Crippen LogP contribution in [0.3, 0.4) is 0 Å². The maximum Gasteiger partial charge on any atom is 0.262 e. The van der Waals surface area contributed by atoms with Crippen molar-refractivity contribution in [2.75, 3.05) is 24.8 Å². The number of methoxy groups -OCH3 is 1. The molecule has 0 fully saturated rings. The molecule has 1 amide bonds. The molecule has 0 saturated carbocycles. The summed E-state index contributed by atoms with van der Waals surface area (Å²) >= 11 is 0. The number of aryl methyl sites for hydroxylation is 1. The molecule has 0 spiro atoms. The van der Waals surface area contributed by atoms with Gasteiger partial charge in [0.1, 0.15) is 11.5 Å². The number of amides is 1. The van der Waals surface area contributed by atoms with E-state index >= 15 is 0 Å². The van der Waals surface area contributed by atoms with Gasteiger partial charge in [0.05, 0.1) is 12.8 Å². The number of nitrogen functional groups attached to an aromatic ring is 1. The van der Waals surface area contributed by atoms with Crippen molar-refractivity contribution < 1.29 is 14.3 Å². The zero-order chi connectivity index (χ0) is 15.2. The van der Waals surface area contributed by atoms with Crippen molar-refractivity contribution in [3.63, 3.8) is 0 Å². The number of benzene rings is 2. The first kappa shape index (κ1) is 14.7. The second-order valence-corrected chi connectivity index (χ2v) is 4.56. The van der Waals surface area contributed by atoms with E-state index in [9.17, 15) is 4.79 Å². The molecular weight excluding hydrogens is 268 g/mol. The summed E-state index contributed by atoms with van der Waals surface area (Å²) in [4.78, 5) is 11.9. The van der Waals surface area contributed by atoms with Gasteiger partial charge in [-0.3, -0.25) is 4.79 Å². The maximum atomic E-state index is 11.9. The second kappa shape index (κ2) is 6.65. The number of ether oxygens (including phenoxy) is 2. The van der Waals surface area contributed by atoms with Crippen molar-refractivity contribution >= 4 is 17.3 Å². The van der Waals surface area contributed by atoms with Crippen LogP contribution in [0.4, 0.5) is 11.4 Å². The number of hydrogen-bond acceptors (Lipinski definition) is 4. The van der Waals surface area contributed by atoms with Crippen LogP contribution in [0.5, 0.6) is 11.5 Å². The summed E-state index contributed by atoms with van der Waals surface area (Å²) < 4.78 is 10.7. The molecule has 110 valence electrons. The maximum absolute atomic E-state index is 11.9. The van der Waals surface area contributed by atoms with Crippen LogP contribution in [0.15, 0.2) is 42.5 Å². The summed E-state index contributed by atoms with van der Waals surface area (Å²) in [6.45, 7) is 1.80. The number of nitrogens with two attached hydrogens (primary N) is 1. The number of para-hydroxylation sites is 2. The second-order valence-electron chi connectivity index (χ2n) is 4.56. The van der Waals surface area contributed by atoms with Gasteiger partial charge in [-0.15, -0.1) is 0 Å². The van der Waals surface area contributed by atoms with Crippen LogP contribution in [0.2, 0.25) is 0 Å². The summed E-state index contributed by atoms with van der Waals surface area (Å²) in [5, 5.41) is 2.75. The molecule has 0 aliphatic heterocycles. The van der Waals surface area contributed by atoms with Crippen LogP contribution in [0, 0.1) is 6.92 Å². The van der Waals surface area contributed by atoms with Gasteiger partial charge in [-0.1, -0.05) is 18.2 Å². The molecule has 2 aromatic rings. The Balaban J connectivity index is 1.97. The Morgan fingerprint density at radius 2 is 1.95 bits per heavy atom. The molecule has 0 saturated heterocycles. The molecule has 0 atom stereocenters. The quantitative estimate of drug-likeness (QED) is 0.829. The third-order valence-corrected chi connectivity index (χ3v) is 2.95. The Kier molecular flexibility index (Phi) is 4.66. The minimum atomic E-state index is -0.263. The lowest BCUT2D eigenvalue weighted by Crippen LogP contribution is -2.20. The van der Waals surface area contributed by atoms with Crippen molar-refractivity contribution in [3.8, 4) is 11.5 Å². The molecule has 0 radical (unpaired) electrons. The smallest absolute Gasteiger partial charge is 0.262 e. The number of hydrogen-bond donors (Lipinski definition) is 2. The van der Waals surface area contributed by atoms with Crippen LogP contribution in [-0.2, 0) is 4.79 Å². The third kappa shape index (κ3) is 3.89. The molecule has 5 heteroatoms. The number of nitrogens with one attached hydrogen (secondary N) is 1. The third-order valence-electron chi connectivity index (χ3n) is 2.95. The lowest BCUT2D eigenvalue weighted by atomic mass is 10.2. The standard InChI is InChI=1S/C16H18N2O3/c1-11-7-8-12(17)9-15(11)21-10-16(19)18-13-5-3-4-6-14(13)20-2/h3-9H,10,17H2,1-2H3,(H,18,19). The average Bonchev–Trinajstić information content (AvgIpc) is 2.49. The van der Waals surface area contributed by atoms with Gasteiger partial charge in [-0.2, -0.15) is 0 Å². The van der Waals surface area contributed by atoms with Crippen LogP contribution in [0.25, 0.3) is 0 Å². The topological polar surface area (TPSA) is 73.6 Å². The van der Waals surface area contributed by atoms with Gasteiger partial charge in [0.2, 0.25) is 0 Å². The van der Waals surface area contributed by atoms with Crippen LogP contribution in [0.1, 0.15) is 5.56 Å². The molecule has 0 aliphatic rings. The number of anilines is 2. The normalized spacial score (nSPS) is 10.0. The first-order valence-corrected chi connectivity index (χ1v) is 6.52. The highest BCUT2D eigenvalue weighted by molar-refractivity contribution is 5.93. The summed E-state index contributed by atoms with van der Waals surface area (Å²) in [6, 6.07) is 12.5. The van der Waals surface area contributed by atoms with E-state index in [-0.39, 0.29) is 12.5 Å². The van der Waals surface area contributed by atoms with E-state index in [2.05, 4.69) is 5.32 Å². The fourth-order valence-corrected chi connectivity index (χ4v) is 1.85. The van der Waals surface area contributed by atoms with Gasteiger partial charge >= 0.3 is 0 Å². The number of carbonyl (C=O) groups excluding carboxylic acids is 1. The first-order chi connectivity index (χ1) is 10.1. The molecule has 0 unspecified atom stereocenters. The lowest BCUT2D eigenvalue weighted by Gasteiger charge is -2.12. The van der Waals surface area contributed by atoms with Crippen molar-refractivity contribution in [1.29, 1.82) is 0 Å². The van der Waals surface area contributed by atoms with Crippen LogP contribution >= 0.6 is 0 Å². The average molecular weight is 286 g/mol. The minimum absolute atomic E-state index is 0.0949. The van der Waals surface area contributed by atoms with E-state index in [1.807, 2.05) is 25.1 Å². The molecule has 3 N–H and O–H groups in total. The van der Waals surface area contributed by atoms with Crippen molar-refractivity contribution in [3.05, 3.63) is 48.0 Å². The van der Waals surface area contributed by atoms with Gasteiger partial charge in [-0.05, 0) is 30.7 Å².